The van der Waals surface area contributed by atoms with Gasteiger partial charge in [-0.15, -0.1) is 0 Å². The number of aromatic nitrogens is 2. The van der Waals surface area contributed by atoms with E-state index in [2.05, 4.69) is 9.97 Å². The fourth-order valence-electron chi connectivity index (χ4n) is 1.40. The maximum absolute atomic E-state index is 8.69. The number of aryl methyl sites for hydroxylation is 1. The highest BCUT2D eigenvalue weighted by molar-refractivity contribution is 5.83. The van der Waals surface area contributed by atoms with E-state index in [9.17, 15) is 0 Å². The summed E-state index contributed by atoms with van der Waals surface area (Å²) in [4.78, 5) is 8.18. The first-order valence-electron chi connectivity index (χ1n) is 4.76. The normalized spacial score (nSPS) is 10.5. The molecule has 0 fully saturated rings. The molecular formula is C11H12N2O2. The fraction of sp³-hybridized carbons (Fsp3) is 0.273. The van der Waals surface area contributed by atoms with Crippen molar-refractivity contribution in [3.63, 3.8) is 0 Å². The van der Waals surface area contributed by atoms with Crippen LogP contribution in [0.25, 0.3) is 10.9 Å². The van der Waals surface area contributed by atoms with Crippen LogP contribution in [-0.4, -0.2) is 28.3 Å². The standard InChI is InChI=1S/C11H12N2O2/c1-8-2-3-10-9(6-8)11(13-7-12-10)15-5-4-14/h2-3,6-7,14H,4-5H2,1H3. The van der Waals surface area contributed by atoms with Crippen LogP contribution in [-0.2, 0) is 0 Å². The maximum Gasteiger partial charge on any atom is 0.224 e. The molecule has 0 aliphatic heterocycles. The predicted octanol–water partition coefficient (Wildman–Crippen LogP) is 1.31. The van der Waals surface area contributed by atoms with E-state index in [1.807, 2.05) is 25.1 Å². The molecule has 1 aromatic heterocycles. The van der Waals surface area contributed by atoms with Gasteiger partial charge in [0.05, 0.1) is 17.5 Å². The van der Waals surface area contributed by atoms with E-state index in [4.69, 9.17) is 9.84 Å². The molecule has 2 aromatic rings. The molecule has 4 nitrogen and oxygen atoms in total. The fourth-order valence-corrected chi connectivity index (χ4v) is 1.40. The molecule has 0 aliphatic carbocycles. The number of nitrogens with zero attached hydrogens (tertiary/aromatic N) is 2. The first-order chi connectivity index (χ1) is 7.31. The van der Waals surface area contributed by atoms with Gasteiger partial charge in [0, 0.05) is 0 Å². The van der Waals surface area contributed by atoms with Crippen molar-refractivity contribution in [2.75, 3.05) is 13.2 Å². The molecule has 1 heterocycles. The highest BCUT2D eigenvalue weighted by Gasteiger charge is 2.04. The molecule has 1 aromatic carbocycles. The molecule has 15 heavy (non-hydrogen) atoms. The highest BCUT2D eigenvalue weighted by Crippen LogP contribution is 2.21. The third kappa shape index (κ3) is 2.05. The van der Waals surface area contributed by atoms with Crippen LogP contribution in [0.1, 0.15) is 5.56 Å². The zero-order valence-corrected chi connectivity index (χ0v) is 8.47. The Morgan fingerprint density at radius 2 is 2.20 bits per heavy atom. The lowest BCUT2D eigenvalue weighted by Crippen LogP contribution is -2.03. The topological polar surface area (TPSA) is 55.2 Å². The van der Waals surface area contributed by atoms with Gasteiger partial charge >= 0.3 is 0 Å². The van der Waals surface area contributed by atoms with E-state index in [0.29, 0.717) is 5.88 Å². The SMILES string of the molecule is Cc1ccc2ncnc(OCCO)c2c1. The highest BCUT2D eigenvalue weighted by atomic mass is 16.5. The molecule has 1 N–H and O–H groups in total. The number of hydrogen-bond acceptors (Lipinski definition) is 4. The van der Waals surface area contributed by atoms with Gasteiger partial charge in [0.15, 0.2) is 0 Å². The lowest BCUT2D eigenvalue weighted by Gasteiger charge is -2.06. The predicted molar refractivity (Wildman–Crippen MR) is 56.9 cm³/mol. The van der Waals surface area contributed by atoms with Crippen molar-refractivity contribution < 1.29 is 9.84 Å². The molecule has 0 radical (unpaired) electrons. The third-order valence-corrected chi connectivity index (χ3v) is 2.08. The van der Waals surface area contributed by atoms with Crippen LogP contribution in [0.2, 0.25) is 0 Å². The molecule has 0 spiro atoms. The lowest BCUT2D eigenvalue weighted by atomic mass is 10.2. The molecule has 0 unspecified atom stereocenters. The quantitative estimate of drug-likeness (QED) is 0.819. The van der Waals surface area contributed by atoms with Crippen LogP contribution in [0.15, 0.2) is 24.5 Å². The Balaban J connectivity index is 2.48. The number of aliphatic hydroxyl groups is 1. The summed E-state index contributed by atoms with van der Waals surface area (Å²) in [7, 11) is 0. The second-order valence-corrected chi connectivity index (χ2v) is 3.27. The summed E-state index contributed by atoms with van der Waals surface area (Å²) in [5.74, 6) is 0.526. The number of benzene rings is 1. The minimum Gasteiger partial charge on any atom is -0.475 e. The Hall–Kier alpha value is -1.68. The first kappa shape index (κ1) is 9.86. The van der Waals surface area contributed by atoms with Crippen LogP contribution >= 0.6 is 0 Å². The van der Waals surface area contributed by atoms with Crippen LogP contribution in [0.3, 0.4) is 0 Å². The number of hydrogen-bond donors (Lipinski definition) is 1. The second kappa shape index (κ2) is 4.23. The zero-order chi connectivity index (χ0) is 10.7. The van der Waals surface area contributed by atoms with Crippen molar-refractivity contribution in [1.29, 1.82) is 0 Å². The van der Waals surface area contributed by atoms with Gasteiger partial charge in [0.1, 0.15) is 12.9 Å². The minimum absolute atomic E-state index is 0.0166. The van der Waals surface area contributed by atoms with Gasteiger partial charge in [-0.2, -0.15) is 0 Å². The summed E-state index contributed by atoms with van der Waals surface area (Å²) in [6.07, 6.45) is 1.46. The largest absolute Gasteiger partial charge is 0.475 e. The van der Waals surface area contributed by atoms with E-state index in [1.165, 1.54) is 6.33 Å². The van der Waals surface area contributed by atoms with E-state index >= 15 is 0 Å². The van der Waals surface area contributed by atoms with Gasteiger partial charge in [-0.25, -0.2) is 9.97 Å². The molecule has 0 bridgehead atoms. The van der Waals surface area contributed by atoms with Crippen molar-refractivity contribution in [2.24, 2.45) is 0 Å². The molecular weight excluding hydrogens is 192 g/mol. The Morgan fingerprint density at radius 3 is 3.00 bits per heavy atom. The summed E-state index contributed by atoms with van der Waals surface area (Å²) in [5, 5.41) is 9.57. The number of rotatable bonds is 3. The summed E-state index contributed by atoms with van der Waals surface area (Å²) in [6, 6.07) is 5.89. The molecule has 0 amide bonds. The van der Waals surface area contributed by atoms with E-state index in [-0.39, 0.29) is 13.2 Å². The van der Waals surface area contributed by atoms with Gasteiger partial charge in [-0.05, 0) is 19.1 Å². The molecule has 0 saturated carbocycles. The van der Waals surface area contributed by atoms with Gasteiger partial charge in [0.2, 0.25) is 5.88 Å². The van der Waals surface area contributed by atoms with Crippen LogP contribution < -0.4 is 4.74 Å². The van der Waals surface area contributed by atoms with Crippen molar-refractivity contribution >= 4 is 10.9 Å². The Kier molecular flexibility index (Phi) is 2.78. The van der Waals surface area contributed by atoms with Crippen LogP contribution in [0.4, 0.5) is 0 Å². The number of aliphatic hydroxyl groups excluding tert-OH is 1. The molecule has 0 aliphatic rings. The van der Waals surface area contributed by atoms with E-state index < -0.39 is 0 Å². The molecule has 0 saturated heterocycles. The van der Waals surface area contributed by atoms with E-state index in [0.717, 1.165) is 16.5 Å². The summed E-state index contributed by atoms with van der Waals surface area (Å²) in [5.41, 5.74) is 1.98. The van der Waals surface area contributed by atoms with Crippen molar-refractivity contribution in [3.8, 4) is 5.88 Å². The lowest BCUT2D eigenvalue weighted by molar-refractivity contribution is 0.198. The van der Waals surface area contributed by atoms with Gasteiger partial charge in [-0.1, -0.05) is 11.6 Å². The van der Waals surface area contributed by atoms with Crippen LogP contribution in [0, 0.1) is 6.92 Å². The molecule has 4 heteroatoms. The Bertz CT molecular complexity index is 471. The summed E-state index contributed by atoms with van der Waals surface area (Å²) < 4.78 is 5.32. The summed E-state index contributed by atoms with van der Waals surface area (Å²) >= 11 is 0. The smallest absolute Gasteiger partial charge is 0.224 e. The summed E-state index contributed by atoms with van der Waals surface area (Å²) in [6.45, 7) is 2.24. The van der Waals surface area contributed by atoms with E-state index in [1.54, 1.807) is 0 Å². The van der Waals surface area contributed by atoms with Crippen LogP contribution in [0.5, 0.6) is 5.88 Å². The molecule has 2 rings (SSSR count). The molecule has 0 atom stereocenters. The Labute approximate surface area is 87.6 Å². The third-order valence-electron chi connectivity index (χ3n) is 2.08. The van der Waals surface area contributed by atoms with Gasteiger partial charge < -0.3 is 9.84 Å². The van der Waals surface area contributed by atoms with Gasteiger partial charge in [0.25, 0.3) is 0 Å². The zero-order valence-electron chi connectivity index (χ0n) is 8.47. The van der Waals surface area contributed by atoms with Gasteiger partial charge in [-0.3, -0.25) is 0 Å². The maximum atomic E-state index is 8.69. The average molecular weight is 204 g/mol. The van der Waals surface area contributed by atoms with Crippen molar-refractivity contribution in [1.82, 2.24) is 9.97 Å². The first-order valence-corrected chi connectivity index (χ1v) is 4.76. The Morgan fingerprint density at radius 1 is 1.33 bits per heavy atom. The second-order valence-electron chi connectivity index (χ2n) is 3.27. The molecule has 78 valence electrons. The number of fused-ring (bicyclic) bond motifs is 1. The number of ether oxygens (including phenoxy) is 1. The van der Waals surface area contributed by atoms with Crippen molar-refractivity contribution in [2.45, 2.75) is 6.92 Å². The van der Waals surface area contributed by atoms with Crippen molar-refractivity contribution in [3.05, 3.63) is 30.1 Å². The monoisotopic (exact) mass is 204 g/mol. The average Bonchev–Trinajstić information content (AvgIpc) is 2.26. The minimum atomic E-state index is -0.0166.